The molecule has 2 aromatic carbocycles. The van der Waals surface area contributed by atoms with E-state index in [9.17, 15) is 22.4 Å². The van der Waals surface area contributed by atoms with Gasteiger partial charge in [-0.1, -0.05) is 62.7 Å². The Morgan fingerprint density at radius 3 is 2.22 bits per heavy atom. The lowest BCUT2D eigenvalue weighted by Crippen LogP contribution is -2.54. The van der Waals surface area contributed by atoms with Gasteiger partial charge in [0.15, 0.2) is 0 Å². The van der Waals surface area contributed by atoms with Crippen molar-refractivity contribution in [3.8, 4) is 0 Å². The first-order chi connectivity index (χ1) is 17.1. The molecule has 0 heterocycles. The van der Waals surface area contributed by atoms with Crippen LogP contribution in [0.1, 0.15) is 38.7 Å². The number of benzene rings is 2. The second-order valence-electron chi connectivity index (χ2n) is 8.64. The lowest BCUT2D eigenvalue weighted by atomic mass is 10.1. The maximum atomic E-state index is 14.7. The smallest absolute Gasteiger partial charge is 0.304 e. The number of halogens is 1. The summed E-state index contributed by atoms with van der Waals surface area (Å²) in [5.41, 5.74) is 0.742. The van der Waals surface area contributed by atoms with Gasteiger partial charge in [0.2, 0.25) is 11.8 Å². The number of amides is 2. The van der Waals surface area contributed by atoms with Crippen LogP contribution in [0.25, 0.3) is 0 Å². The third-order valence-corrected chi connectivity index (χ3v) is 7.65. The number of carbonyl (C=O) groups is 2. The summed E-state index contributed by atoms with van der Waals surface area (Å²) in [6, 6.07) is 14.1. The molecular weight excluding hydrogens is 483 g/mol. The summed E-state index contributed by atoms with van der Waals surface area (Å²) in [6.07, 6.45) is 2.54. The molecule has 0 aliphatic rings. The highest BCUT2D eigenvalue weighted by molar-refractivity contribution is 7.90. The van der Waals surface area contributed by atoms with Gasteiger partial charge in [0.05, 0.1) is 5.69 Å². The number of carbonyl (C=O) groups excluding carboxylic acids is 2. The molecule has 10 heteroatoms. The molecule has 36 heavy (non-hydrogen) atoms. The molecule has 0 bridgehead atoms. The summed E-state index contributed by atoms with van der Waals surface area (Å²) in [5.74, 6) is -1.65. The van der Waals surface area contributed by atoms with Crippen molar-refractivity contribution in [3.05, 3.63) is 66.0 Å². The van der Waals surface area contributed by atoms with Crippen molar-refractivity contribution in [1.82, 2.24) is 14.5 Å². The van der Waals surface area contributed by atoms with Gasteiger partial charge in [-0.15, -0.1) is 0 Å². The summed E-state index contributed by atoms with van der Waals surface area (Å²) < 4.78 is 42.6. The van der Waals surface area contributed by atoms with Gasteiger partial charge < -0.3 is 10.2 Å². The Balaban J connectivity index is 2.41. The quantitative estimate of drug-likeness (QED) is 0.388. The van der Waals surface area contributed by atoms with Crippen LogP contribution in [0, 0.1) is 5.82 Å². The van der Waals surface area contributed by atoms with Crippen LogP contribution in [-0.4, -0.2) is 69.2 Å². The van der Waals surface area contributed by atoms with Crippen LogP contribution in [0.15, 0.2) is 54.6 Å². The van der Waals surface area contributed by atoms with Crippen LogP contribution >= 0.6 is 0 Å². The van der Waals surface area contributed by atoms with Crippen molar-refractivity contribution in [3.63, 3.8) is 0 Å². The Morgan fingerprint density at radius 2 is 1.64 bits per heavy atom. The lowest BCUT2D eigenvalue weighted by Gasteiger charge is -2.34. The predicted molar refractivity (Wildman–Crippen MR) is 140 cm³/mol. The van der Waals surface area contributed by atoms with Gasteiger partial charge in [-0.25, -0.2) is 8.70 Å². The van der Waals surface area contributed by atoms with Gasteiger partial charge in [-0.2, -0.15) is 12.7 Å². The molecule has 0 saturated heterocycles. The molecule has 1 N–H and O–H groups in total. The maximum absolute atomic E-state index is 14.7. The van der Waals surface area contributed by atoms with Crippen molar-refractivity contribution < 1.29 is 22.4 Å². The number of hydrogen-bond donors (Lipinski definition) is 1. The van der Waals surface area contributed by atoms with E-state index in [0.717, 1.165) is 33.1 Å². The molecule has 2 amide bonds. The van der Waals surface area contributed by atoms with E-state index >= 15 is 0 Å². The molecule has 0 radical (unpaired) electrons. The minimum Gasteiger partial charge on any atom is -0.354 e. The van der Waals surface area contributed by atoms with E-state index in [1.807, 2.05) is 37.3 Å². The maximum Gasteiger partial charge on any atom is 0.304 e. The third-order valence-electron chi connectivity index (χ3n) is 5.84. The standard InChI is InChI=1S/C26H37FN4O4S/c1-5-7-18-28-26(33)23(6-2)30(19-17-21-13-9-8-10-14-21)25(32)20-31(36(34,35)29(3)4)24-16-12-11-15-22(24)27/h8-16,23H,5-7,17-20H2,1-4H3,(H,28,33)/t23-/m0/s1. The fraction of sp³-hybridized carbons (Fsp3) is 0.462. The van der Waals surface area contributed by atoms with Gasteiger partial charge in [-0.05, 0) is 37.0 Å². The summed E-state index contributed by atoms with van der Waals surface area (Å²) in [5, 5.41) is 2.88. The van der Waals surface area contributed by atoms with Gasteiger partial charge >= 0.3 is 10.2 Å². The first-order valence-electron chi connectivity index (χ1n) is 12.2. The number of unbranched alkanes of at least 4 members (excludes halogenated alkanes) is 1. The number of hydrogen-bond acceptors (Lipinski definition) is 4. The number of nitrogens with one attached hydrogen (secondary N) is 1. The lowest BCUT2D eigenvalue weighted by molar-refractivity contribution is -0.139. The van der Waals surface area contributed by atoms with Gasteiger partial charge in [0.1, 0.15) is 18.4 Å². The fourth-order valence-electron chi connectivity index (χ4n) is 3.76. The number of para-hydroxylation sites is 1. The van der Waals surface area contributed by atoms with Crippen LogP contribution in [0.2, 0.25) is 0 Å². The van der Waals surface area contributed by atoms with E-state index in [1.165, 1.54) is 37.2 Å². The zero-order chi connectivity index (χ0) is 26.7. The SMILES string of the molecule is CCCCNC(=O)[C@H](CC)N(CCc1ccccc1)C(=O)CN(c1ccccc1F)S(=O)(=O)N(C)C. The summed E-state index contributed by atoms with van der Waals surface area (Å²) in [6.45, 7) is 3.87. The summed E-state index contributed by atoms with van der Waals surface area (Å²) in [4.78, 5) is 28.1. The molecule has 0 aromatic heterocycles. The largest absolute Gasteiger partial charge is 0.354 e. The van der Waals surface area contributed by atoms with E-state index in [4.69, 9.17) is 0 Å². The predicted octanol–water partition coefficient (Wildman–Crippen LogP) is 3.20. The van der Waals surface area contributed by atoms with E-state index in [2.05, 4.69) is 5.32 Å². The second-order valence-corrected chi connectivity index (χ2v) is 10.7. The van der Waals surface area contributed by atoms with Gasteiger partial charge in [0.25, 0.3) is 0 Å². The highest BCUT2D eigenvalue weighted by atomic mass is 32.2. The first kappa shape index (κ1) is 29.3. The van der Waals surface area contributed by atoms with Crippen LogP contribution in [-0.2, 0) is 26.2 Å². The van der Waals surface area contributed by atoms with E-state index < -0.39 is 34.5 Å². The van der Waals surface area contributed by atoms with Crippen LogP contribution in [0.4, 0.5) is 10.1 Å². The van der Waals surface area contributed by atoms with Crippen molar-refractivity contribution in [2.45, 2.75) is 45.6 Å². The molecule has 0 unspecified atom stereocenters. The Kier molecular flexibility index (Phi) is 11.3. The summed E-state index contributed by atoms with van der Waals surface area (Å²) in [7, 11) is -1.57. The molecule has 198 valence electrons. The molecule has 0 spiro atoms. The van der Waals surface area contributed by atoms with Crippen LogP contribution < -0.4 is 9.62 Å². The number of anilines is 1. The third kappa shape index (κ3) is 7.76. The minimum absolute atomic E-state index is 0.204. The Hall–Kier alpha value is -2.98. The molecular formula is C26H37FN4O4S. The Morgan fingerprint density at radius 1 is 1.00 bits per heavy atom. The molecule has 2 aromatic rings. The van der Waals surface area contributed by atoms with Gasteiger partial charge in [-0.3, -0.25) is 9.59 Å². The Labute approximate surface area is 214 Å². The molecule has 0 fully saturated rings. The molecule has 0 aliphatic carbocycles. The zero-order valence-electron chi connectivity index (χ0n) is 21.5. The highest BCUT2D eigenvalue weighted by Gasteiger charge is 2.34. The molecule has 1 atom stereocenters. The minimum atomic E-state index is -4.20. The van der Waals surface area contributed by atoms with E-state index in [-0.39, 0.29) is 18.1 Å². The van der Waals surface area contributed by atoms with Crippen LogP contribution in [0.5, 0.6) is 0 Å². The van der Waals surface area contributed by atoms with Gasteiger partial charge in [0, 0.05) is 27.2 Å². The normalized spacial score (nSPS) is 12.3. The Bertz CT molecular complexity index is 1100. The molecule has 2 rings (SSSR count). The average molecular weight is 521 g/mol. The number of nitrogens with zero attached hydrogens (tertiary/aromatic N) is 3. The van der Waals surface area contributed by atoms with Crippen molar-refractivity contribution in [1.29, 1.82) is 0 Å². The van der Waals surface area contributed by atoms with Crippen molar-refractivity contribution >= 4 is 27.7 Å². The summed E-state index contributed by atoms with van der Waals surface area (Å²) >= 11 is 0. The highest BCUT2D eigenvalue weighted by Crippen LogP contribution is 2.23. The van der Waals surface area contributed by atoms with E-state index in [1.54, 1.807) is 6.92 Å². The average Bonchev–Trinajstić information content (AvgIpc) is 2.86. The van der Waals surface area contributed by atoms with Crippen molar-refractivity contribution in [2.75, 3.05) is 38.0 Å². The van der Waals surface area contributed by atoms with E-state index in [0.29, 0.717) is 19.4 Å². The van der Waals surface area contributed by atoms with Crippen LogP contribution in [0.3, 0.4) is 0 Å². The zero-order valence-corrected chi connectivity index (χ0v) is 22.3. The monoisotopic (exact) mass is 520 g/mol. The molecule has 8 nitrogen and oxygen atoms in total. The topological polar surface area (TPSA) is 90.0 Å². The van der Waals surface area contributed by atoms with Crippen molar-refractivity contribution in [2.24, 2.45) is 0 Å². The first-order valence-corrected chi connectivity index (χ1v) is 13.6. The second kappa shape index (κ2) is 13.9. The molecule has 0 saturated carbocycles. The molecule has 0 aliphatic heterocycles. The fourth-order valence-corrected chi connectivity index (χ4v) is 4.82. The number of rotatable bonds is 14.